The van der Waals surface area contributed by atoms with E-state index >= 15 is 0 Å². The van der Waals surface area contributed by atoms with E-state index in [1.54, 1.807) is 10.7 Å². The van der Waals surface area contributed by atoms with Crippen molar-refractivity contribution in [3.05, 3.63) is 70.1 Å². The minimum atomic E-state index is -4.77. The predicted molar refractivity (Wildman–Crippen MR) is 98.1 cm³/mol. The molecule has 2 heterocycles. The van der Waals surface area contributed by atoms with Gasteiger partial charge in [-0.1, -0.05) is 23.7 Å². The lowest BCUT2D eigenvalue weighted by Crippen LogP contribution is -2.17. The summed E-state index contributed by atoms with van der Waals surface area (Å²) in [5.41, 5.74) is 2.01. The third-order valence-electron chi connectivity index (χ3n) is 3.78. The van der Waals surface area contributed by atoms with E-state index in [0.717, 1.165) is 23.5 Å². The first-order valence-electron chi connectivity index (χ1n) is 8.34. The van der Waals surface area contributed by atoms with Gasteiger partial charge in [-0.2, -0.15) is 5.10 Å². The van der Waals surface area contributed by atoms with Crippen LogP contribution < -0.4 is 4.74 Å². The van der Waals surface area contributed by atoms with Gasteiger partial charge in [-0.3, -0.25) is 0 Å². The van der Waals surface area contributed by atoms with Gasteiger partial charge in [0.15, 0.2) is 11.5 Å². The van der Waals surface area contributed by atoms with Crippen LogP contribution in [0.3, 0.4) is 0 Å². The summed E-state index contributed by atoms with van der Waals surface area (Å²) in [7, 11) is 0. The van der Waals surface area contributed by atoms with Crippen LogP contribution in [0, 0.1) is 13.8 Å². The van der Waals surface area contributed by atoms with Gasteiger partial charge in [0, 0.05) is 5.69 Å². The number of aryl methyl sites for hydroxylation is 2. The zero-order chi connectivity index (χ0) is 21.2. The predicted octanol–water partition coefficient (Wildman–Crippen LogP) is 4.79. The van der Waals surface area contributed by atoms with Gasteiger partial charge in [0.1, 0.15) is 12.4 Å². The molecule has 0 bridgehead atoms. The Kier molecular flexibility index (Phi) is 5.78. The molecule has 6 nitrogen and oxygen atoms in total. The summed E-state index contributed by atoms with van der Waals surface area (Å²) in [6.45, 7) is 3.51. The van der Waals surface area contributed by atoms with Gasteiger partial charge in [0.05, 0.1) is 10.7 Å². The number of alkyl halides is 3. The van der Waals surface area contributed by atoms with Crippen molar-refractivity contribution in [3.63, 3.8) is 0 Å². The molecule has 152 valence electrons. The average Bonchev–Trinajstić information content (AvgIpc) is 2.98. The highest BCUT2D eigenvalue weighted by Gasteiger charge is 2.31. The lowest BCUT2D eigenvalue weighted by Gasteiger charge is -2.10. The molecule has 0 aliphatic heterocycles. The molecule has 0 unspecified atom stereocenters. The molecule has 0 aliphatic rings. The molecule has 0 aliphatic carbocycles. The Morgan fingerprint density at radius 2 is 1.83 bits per heavy atom. The zero-order valence-corrected chi connectivity index (χ0v) is 16.1. The second-order valence-corrected chi connectivity index (χ2v) is 6.51. The third-order valence-corrected chi connectivity index (χ3v) is 4.08. The van der Waals surface area contributed by atoms with Crippen LogP contribution in [0.15, 0.2) is 42.5 Å². The fourth-order valence-corrected chi connectivity index (χ4v) is 2.74. The molecule has 0 spiro atoms. The number of ether oxygens (including phenoxy) is 2. The number of nitrogens with zero attached hydrogens (tertiary/aromatic N) is 3. The number of hydrogen-bond acceptors (Lipinski definition) is 5. The topological polar surface area (TPSA) is 66.2 Å². The summed E-state index contributed by atoms with van der Waals surface area (Å²) in [5, 5.41) is 4.41. The minimum Gasteiger partial charge on any atom is -0.456 e. The van der Waals surface area contributed by atoms with Gasteiger partial charge in [0.25, 0.3) is 0 Å². The number of carbonyl (C=O) groups excluding carboxylic acids is 1. The molecule has 0 radical (unpaired) electrons. The van der Waals surface area contributed by atoms with Gasteiger partial charge in [-0.25, -0.2) is 14.5 Å². The standard InChI is InChI=1S/C19H15ClF3N3O3/c1-11-9-12(2)26(25-11)16-8-7-15(20)17(24-16)18(27)28-10-13-3-5-14(6-4-13)29-19(21,22)23/h3-9H,10H2,1-2H3. The van der Waals surface area contributed by atoms with Crippen molar-refractivity contribution < 1.29 is 27.4 Å². The van der Waals surface area contributed by atoms with Crippen LogP contribution in [-0.4, -0.2) is 27.1 Å². The van der Waals surface area contributed by atoms with Crippen LogP contribution in [0.2, 0.25) is 5.02 Å². The van der Waals surface area contributed by atoms with E-state index in [-0.39, 0.29) is 23.1 Å². The van der Waals surface area contributed by atoms with Crippen LogP contribution >= 0.6 is 11.6 Å². The fourth-order valence-electron chi connectivity index (χ4n) is 2.56. The minimum absolute atomic E-state index is 0.0891. The highest BCUT2D eigenvalue weighted by molar-refractivity contribution is 6.33. The number of benzene rings is 1. The first kappa shape index (κ1) is 20.7. The second-order valence-electron chi connectivity index (χ2n) is 6.11. The average molecular weight is 426 g/mol. The summed E-state index contributed by atoms with van der Waals surface area (Å²) in [4.78, 5) is 16.6. The molecular weight excluding hydrogens is 411 g/mol. The van der Waals surface area contributed by atoms with Crippen LogP contribution in [0.25, 0.3) is 5.82 Å². The Hall–Kier alpha value is -3.07. The molecule has 3 rings (SSSR count). The highest BCUT2D eigenvalue weighted by atomic mass is 35.5. The first-order valence-corrected chi connectivity index (χ1v) is 8.72. The van der Waals surface area contributed by atoms with Crippen molar-refractivity contribution in [2.75, 3.05) is 0 Å². The van der Waals surface area contributed by atoms with Crippen LogP contribution in [0.4, 0.5) is 13.2 Å². The maximum atomic E-state index is 12.4. The smallest absolute Gasteiger partial charge is 0.456 e. The molecule has 10 heteroatoms. The number of hydrogen-bond donors (Lipinski definition) is 0. The van der Waals surface area contributed by atoms with E-state index in [4.69, 9.17) is 16.3 Å². The largest absolute Gasteiger partial charge is 0.573 e. The molecule has 29 heavy (non-hydrogen) atoms. The van der Waals surface area contributed by atoms with Crippen molar-refractivity contribution in [3.8, 4) is 11.6 Å². The van der Waals surface area contributed by atoms with Crippen molar-refractivity contribution in [2.24, 2.45) is 0 Å². The third kappa shape index (κ3) is 5.26. The van der Waals surface area contributed by atoms with E-state index in [9.17, 15) is 18.0 Å². The molecule has 1 aromatic carbocycles. The van der Waals surface area contributed by atoms with Crippen LogP contribution in [0.5, 0.6) is 5.75 Å². The van der Waals surface area contributed by atoms with Crippen molar-refractivity contribution in [2.45, 2.75) is 26.8 Å². The van der Waals surface area contributed by atoms with Gasteiger partial charge < -0.3 is 9.47 Å². The quantitative estimate of drug-likeness (QED) is 0.550. The number of carbonyl (C=O) groups is 1. The molecular formula is C19H15ClF3N3O3. The summed E-state index contributed by atoms with van der Waals surface area (Å²) in [5.74, 6) is -0.732. The van der Waals surface area contributed by atoms with E-state index < -0.39 is 12.3 Å². The molecule has 0 fully saturated rings. The Morgan fingerprint density at radius 3 is 2.41 bits per heavy atom. The Bertz CT molecular complexity index is 1030. The van der Waals surface area contributed by atoms with Crippen molar-refractivity contribution >= 4 is 17.6 Å². The Labute approximate surface area is 168 Å². The Balaban J connectivity index is 1.71. The normalized spacial score (nSPS) is 11.4. The first-order chi connectivity index (χ1) is 13.6. The molecule has 3 aromatic rings. The lowest BCUT2D eigenvalue weighted by molar-refractivity contribution is -0.274. The SMILES string of the molecule is Cc1cc(C)n(-c2ccc(Cl)c(C(=O)OCc3ccc(OC(F)(F)F)cc3)n2)n1. The number of pyridine rings is 1. The lowest BCUT2D eigenvalue weighted by atomic mass is 10.2. The van der Waals surface area contributed by atoms with Gasteiger partial charge in [0.2, 0.25) is 0 Å². The van der Waals surface area contributed by atoms with Gasteiger partial charge in [-0.05, 0) is 49.7 Å². The molecule has 0 atom stereocenters. The van der Waals surface area contributed by atoms with Crippen LogP contribution in [-0.2, 0) is 11.3 Å². The molecule has 0 N–H and O–H groups in total. The van der Waals surface area contributed by atoms with Crippen molar-refractivity contribution in [1.29, 1.82) is 0 Å². The van der Waals surface area contributed by atoms with E-state index in [0.29, 0.717) is 11.4 Å². The summed E-state index contributed by atoms with van der Waals surface area (Å²) in [6.07, 6.45) is -4.77. The van der Waals surface area contributed by atoms with Crippen LogP contribution in [0.1, 0.15) is 27.4 Å². The number of aromatic nitrogens is 3. The monoisotopic (exact) mass is 425 g/mol. The maximum Gasteiger partial charge on any atom is 0.573 e. The van der Waals surface area contributed by atoms with Gasteiger partial charge >= 0.3 is 12.3 Å². The molecule has 0 saturated carbocycles. The number of halogens is 4. The summed E-state index contributed by atoms with van der Waals surface area (Å²) >= 11 is 6.07. The zero-order valence-electron chi connectivity index (χ0n) is 15.3. The second kappa shape index (κ2) is 8.12. The Morgan fingerprint density at radius 1 is 1.14 bits per heavy atom. The number of rotatable bonds is 5. The van der Waals surface area contributed by atoms with E-state index in [1.165, 1.54) is 18.2 Å². The van der Waals surface area contributed by atoms with Crippen molar-refractivity contribution in [1.82, 2.24) is 14.8 Å². The number of esters is 1. The molecule has 0 amide bonds. The molecule has 0 saturated heterocycles. The van der Waals surface area contributed by atoms with E-state index in [1.807, 2.05) is 19.9 Å². The summed E-state index contributed by atoms with van der Waals surface area (Å²) < 4.78 is 47.1. The molecule has 2 aromatic heterocycles. The van der Waals surface area contributed by atoms with E-state index in [2.05, 4.69) is 14.8 Å². The highest BCUT2D eigenvalue weighted by Crippen LogP contribution is 2.23. The fraction of sp³-hybridized carbons (Fsp3) is 0.211. The maximum absolute atomic E-state index is 12.4. The van der Waals surface area contributed by atoms with Gasteiger partial charge in [-0.15, -0.1) is 13.2 Å². The summed E-state index contributed by atoms with van der Waals surface area (Å²) in [6, 6.07) is 9.97.